The van der Waals surface area contributed by atoms with Crippen molar-refractivity contribution in [3.05, 3.63) is 29.8 Å². The van der Waals surface area contributed by atoms with Crippen LogP contribution in [-0.2, 0) is 6.54 Å². The van der Waals surface area contributed by atoms with Gasteiger partial charge in [0.1, 0.15) is 5.75 Å². The summed E-state index contributed by atoms with van der Waals surface area (Å²) in [4.78, 5) is 6.81. The van der Waals surface area contributed by atoms with Gasteiger partial charge in [0.2, 0.25) is 0 Å². The zero-order valence-corrected chi connectivity index (χ0v) is 17.5. The van der Waals surface area contributed by atoms with E-state index in [4.69, 9.17) is 4.74 Å². The van der Waals surface area contributed by atoms with E-state index >= 15 is 0 Å². The van der Waals surface area contributed by atoms with E-state index in [0.29, 0.717) is 6.04 Å². The smallest absolute Gasteiger partial charge is 0.191 e. The summed E-state index contributed by atoms with van der Waals surface area (Å²) in [5.74, 6) is 1.75. The van der Waals surface area contributed by atoms with E-state index in [0.717, 1.165) is 44.3 Å². The monoisotopic (exact) mass is 362 g/mol. The minimum Gasteiger partial charge on any atom is -0.491 e. The fourth-order valence-corrected chi connectivity index (χ4v) is 2.85. The van der Waals surface area contributed by atoms with Gasteiger partial charge in [-0.05, 0) is 70.9 Å². The molecular weight excluding hydrogens is 324 g/mol. The topological polar surface area (TPSA) is 48.9 Å². The van der Waals surface area contributed by atoms with Crippen LogP contribution < -0.4 is 15.4 Å². The summed E-state index contributed by atoms with van der Waals surface area (Å²) in [5.41, 5.74) is 1.18. The highest BCUT2D eigenvalue weighted by Gasteiger charge is 2.07. The standard InChI is InChI=1S/C21H38N4O/c1-7-25(8-2)14-10-11-18(5)24-21(22-6)23-16-19-12-9-13-20(15-19)26-17(3)4/h9,12-13,15,17-18H,7-8,10-11,14,16H2,1-6H3,(H2,22,23,24). The van der Waals surface area contributed by atoms with Crippen molar-refractivity contribution in [1.82, 2.24) is 15.5 Å². The van der Waals surface area contributed by atoms with Crippen molar-refractivity contribution in [2.24, 2.45) is 4.99 Å². The van der Waals surface area contributed by atoms with E-state index in [1.807, 2.05) is 33.0 Å². The zero-order chi connectivity index (χ0) is 19.4. The predicted molar refractivity (Wildman–Crippen MR) is 112 cm³/mol. The van der Waals surface area contributed by atoms with E-state index in [1.54, 1.807) is 0 Å². The van der Waals surface area contributed by atoms with Crippen LogP contribution in [0.25, 0.3) is 0 Å². The van der Waals surface area contributed by atoms with Gasteiger partial charge in [-0.1, -0.05) is 26.0 Å². The van der Waals surface area contributed by atoms with Crippen LogP contribution in [0.4, 0.5) is 0 Å². The fourth-order valence-electron chi connectivity index (χ4n) is 2.85. The molecule has 5 heteroatoms. The first-order valence-electron chi connectivity index (χ1n) is 9.93. The van der Waals surface area contributed by atoms with Gasteiger partial charge >= 0.3 is 0 Å². The molecule has 0 fully saturated rings. The van der Waals surface area contributed by atoms with Gasteiger partial charge in [-0.25, -0.2) is 0 Å². The SMILES string of the molecule is CCN(CC)CCCC(C)NC(=NC)NCc1cccc(OC(C)C)c1. The molecule has 0 aliphatic carbocycles. The normalized spacial score (nSPS) is 13.2. The number of nitrogens with one attached hydrogen (secondary N) is 2. The summed E-state index contributed by atoms with van der Waals surface area (Å²) in [5, 5.41) is 6.87. The number of nitrogens with zero attached hydrogens (tertiary/aromatic N) is 2. The minimum atomic E-state index is 0.185. The first kappa shape index (κ1) is 22.3. The first-order chi connectivity index (χ1) is 12.5. The molecule has 26 heavy (non-hydrogen) atoms. The molecule has 0 amide bonds. The summed E-state index contributed by atoms with van der Waals surface area (Å²) in [7, 11) is 1.82. The summed E-state index contributed by atoms with van der Waals surface area (Å²) >= 11 is 0. The van der Waals surface area contributed by atoms with Crippen LogP contribution in [0.2, 0.25) is 0 Å². The number of hydrogen-bond acceptors (Lipinski definition) is 3. The highest BCUT2D eigenvalue weighted by molar-refractivity contribution is 5.79. The molecule has 0 bridgehead atoms. The van der Waals surface area contributed by atoms with E-state index in [2.05, 4.69) is 53.4 Å². The van der Waals surface area contributed by atoms with E-state index in [-0.39, 0.29) is 6.10 Å². The lowest BCUT2D eigenvalue weighted by atomic mass is 10.2. The van der Waals surface area contributed by atoms with Crippen LogP contribution >= 0.6 is 0 Å². The second kappa shape index (κ2) is 12.6. The maximum atomic E-state index is 5.76. The second-order valence-electron chi connectivity index (χ2n) is 6.95. The maximum Gasteiger partial charge on any atom is 0.191 e. The summed E-state index contributed by atoms with van der Waals surface area (Å²) < 4.78 is 5.76. The summed E-state index contributed by atoms with van der Waals surface area (Å²) in [6, 6.07) is 8.59. The van der Waals surface area contributed by atoms with Crippen molar-refractivity contribution in [1.29, 1.82) is 0 Å². The molecule has 0 aliphatic heterocycles. The molecule has 1 unspecified atom stereocenters. The second-order valence-corrected chi connectivity index (χ2v) is 6.95. The molecule has 0 spiro atoms. The lowest BCUT2D eigenvalue weighted by molar-refractivity contribution is 0.242. The highest BCUT2D eigenvalue weighted by atomic mass is 16.5. The number of benzene rings is 1. The van der Waals surface area contributed by atoms with Crippen LogP contribution in [-0.4, -0.2) is 49.7 Å². The van der Waals surface area contributed by atoms with Gasteiger partial charge in [0, 0.05) is 19.6 Å². The number of ether oxygens (including phenoxy) is 1. The van der Waals surface area contributed by atoms with Gasteiger partial charge in [0.25, 0.3) is 0 Å². The van der Waals surface area contributed by atoms with Crippen LogP contribution in [0.1, 0.15) is 53.0 Å². The van der Waals surface area contributed by atoms with Gasteiger partial charge in [0.15, 0.2) is 5.96 Å². The lowest BCUT2D eigenvalue weighted by Gasteiger charge is -2.21. The molecule has 1 aromatic rings. The van der Waals surface area contributed by atoms with E-state index in [9.17, 15) is 0 Å². The highest BCUT2D eigenvalue weighted by Crippen LogP contribution is 2.14. The summed E-state index contributed by atoms with van der Waals surface area (Å²) in [6.45, 7) is 14.9. The molecular formula is C21H38N4O. The van der Waals surface area contributed by atoms with Gasteiger partial charge in [-0.2, -0.15) is 0 Å². The fraction of sp³-hybridized carbons (Fsp3) is 0.667. The molecule has 0 aromatic heterocycles. The lowest BCUT2D eigenvalue weighted by Crippen LogP contribution is -2.42. The Morgan fingerprint density at radius 2 is 1.92 bits per heavy atom. The first-order valence-corrected chi connectivity index (χ1v) is 9.93. The van der Waals surface area contributed by atoms with Crippen molar-refractivity contribution in [3.8, 4) is 5.75 Å². The average molecular weight is 363 g/mol. The number of aliphatic imine (C=N–C) groups is 1. The van der Waals surface area contributed by atoms with Crippen molar-refractivity contribution in [2.45, 2.75) is 66.2 Å². The van der Waals surface area contributed by atoms with Crippen LogP contribution in [0.5, 0.6) is 5.75 Å². The number of rotatable bonds is 11. The number of hydrogen-bond donors (Lipinski definition) is 2. The Kier molecular flexibility index (Phi) is 10.8. The van der Waals surface area contributed by atoms with Crippen LogP contribution in [0, 0.1) is 0 Å². The van der Waals surface area contributed by atoms with Crippen molar-refractivity contribution >= 4 is 5.96 Å². The molecule has 1 atom stereocenters. The van der Waals surface area contributed by atoms with Crippen LogP contribution in [0.15, 0.2) is 29.3 Å². The van der Waals surface area contributed by atoms with Gasteiger partial charge in [-0.15, -0.1) is 0 Å². The molecule has 0 saturated carbocycles. The molecule has 1 aromatic carbocycles. The minimum absolute atomic E-state index is 0.185. The zero-order valence-electron chi connectivity index (χ0n) is 17.5. The number of guanidine groups is 1. The van der Waals surface area contributed by atoms with Crippen LogP contribution in [0.3, 0.4) is 0 Å². The Labute approximate surface area is 160 Å². The molecule has 1 rings (SSSR count). The Morgan fingerprint density at radius 1 is 1.19 bits per heavy atom. The van der Waals surface area contributed by atoms with Gasteiger partial charge in [0.05, 0.1) is 6.10 Å². The Balaban J connectivity index is 2.40. The van der Waals surface area contributed by atoms with E-state index < -0.39 is 0 Å². The molecule has 2 N–H and O–H groups in total. The molecule has 5 nitrogen and oxygen atoms in total. The third-order valence-electron chi connectivity index (χ3n) is 4.34. The van der Waals surface area contributed by atoms with Gasteiger partial charge in [-0.3, -0.25) is 4.99 Å². The largest absolute Gasteiger partial charge is 0.491 e. The Hall–Kier alpha value is -1.75. The molecule has 0 radical (unpaired) electrons. The molecule has 0 aliphatic rings. The Bertz CT molecular complexity index is 526. The van der Waals surface area contributed by atoms with E-state index in [1.165, 1.54) is 12.0 Å². The Morgan fingerprint density at radius 3 is 2.54 bits per heavy atom. The third kappa shape index (κ3) is 9.09. The van der Waals surface area contributed by atoms with Crippen molar-refractivity contribution < 1.29 is 4.74 Å². The molecule has 0 saturated heterocycles. The molecule has 0 heterocycles. The predicted octanol–water partition coefficient (Wildman–Crippen LogP) is 3.65. The summed E-state index contributed by atoms with van der Waals surface area (Å²) in [6.07, 6.45) is 2.51. The van der Waals surface area contributed by atoms with Gasteiger partial charge < -0.3 is 20.3 Å². The molecule has 148 valence electrons. The quantitative estimate of drug-likeness (QED) is 0.466. The maximum absolute atomic E-state index is 5.76. The average Bonchev–Trinajstić information content (AvgIpc) is 2.62. The van der Waals surface area contributed by atoms with Crippen molar-refractivity contribution in [3.63, 3.8) is 0 Å². The van der Waals surface area contributed by atoms with Crippen molar-refractivity contribution in [2.75, 3.05) is 26.7 Å². The third-order valence-corrected chi connectivity index (χ3v) is 4.34.